The Kier molecular flexibility index (Phi) is 13.9. The summed E-state index contributed by atoms with van der Waals surface area (Å²) >= 11 is 1.74. The molecule has 0 bridgehead atoms. The SMILES string of the molecule is CCCCCCCCCCCCCCOc1cc(NC(=O)c2ccc(C[n+]3csc(C)c3)cc2)ccc1C(C)(C)C. The molecule has 1 amide bonds. The van der Waals surface area contributed by atoms with Gasteiger partial charge in [0.25, 0.3) is 5.91 Å². The zero-order valence-corrected chi connectivity index (χ0v) is 27.1. The summed E-state index contributed by atoms with van der Waals surface area (Å²) in [7, 11) is 0. The van der Waals surface area contributed by atoms with Crippen LogP contribution >= 0.6 is 11.3 Å². The van der Waals surface area contributed by atoms with E-state index in [2.05, 4.69) is 62.3 Å². The fraction of sp³-hybridized carbons (Fsp3) is 0.556. The van der Waals surface area contributed by atoms with Crippen molar-refractivity contribution in [2.75, 3.05) is 11.9 Å². The van der Waals surface area contributed by atoms with Crippen molar-refractivity contribution in [3.05, 3.63) is 75.7 Å². The topological polar surface area (TPSA) is 42.2 Å². The minimum Gasteiger partial charge on any atom is -0.493 e. The lowest BCUT2D eigenvalue weighted by molar-refractivity contribution is -0.683. The smallest absolute Gasteiger partial charge is 0.255 e. The van der Waals surface area contributed by atoms with Gasteiger partial charge in [-0.15, -0.1) is 0 Å². The highest BCUT2D eigenvalue weighted by atomic mass is 32.1. The molecule has 3 aromatic rings. The molecule has 3 rings (SSSR count). The molecule has 0 aliphatic rings. The normalized spacial score (nSPS) is 11.5. The van der Waals surface area contributed by atoms with E-state index in [1.807, 2.05) is 36.4 Å². The Morgan fingerprint density at radius 2 is 1.46 bits per heavy atom. The predicted octanol–water partition coefficient (Wildman–Crippen LogP) is 10.0. The van der Waals surface area contributed by atoms with Crippen LogP contribution in [0.3, 0.4) is 0 Å². The van der Waals surface area contributed by atoms with Crippen molar-refractivity contribution in [2.45, 2.75) is 124 Å². The molecule has 4 nitrogen and oxygen atoms in total. The van der Waals surface area contributed by atoms with Crippen molar-refractivity contribution >= 4 is 22.9 Å². The maximum Gasteiger partial charge on any atom is 0.255 e. The van der Waals surface area contributed by atoms with Gasteiger partial charge in [0, 0.05) is 22.9 Å². The van der Waals surface area contributed by atoms with Gasteiger partial charge in [-0.25, -0.2) is 0 Å². The number of carbonyl (C=O) groups is 1. The fourth-order valence-corrected chi connectivity index (χ4v) is 5.80. The maximum absolute atomic E-state index is 13.0. The number of benzene rings is 2. The molecule has 41 heavy (non-hydrogen) atoms. The number of ether oxygens (including phenoxy) is 1. The Morgan fingerprint density at radius 1 is 0.854 bits per heavy atom. The lowest BCUT2D eigenvalue weighted by Crippen LogP contribution is -2.30. The van der Waals surface area contributed by atoms with Gasteiger partial charge in [-0.05, 0) is 42.5 Å². The third kappa shape index (κ3) is 12.0. The molecule has 5 heteroatoms. The lowest BCUT2D eigenvalue weighted by atomic mass is 9.86. The maximum atomic E-state index is 13.0. The second-order valence-corrected chi connectivity index (χ2v) is 13.6. The number of aryl methyl sites for hydroxylation is 1. The van der Waals surface area contributed by atoms with E-state index in [1.165, 1.54) is 86.6 Å². The van der Waals surface area contributed by atoms with Gasteiger partial charge in [-0.1, -0.05) is 128 Å². The molecule has 0 aliphatic heterocycles. The Labute approximate surface area is 253 Å². The summed E-state index contributed by atoms with van der Waals surface area (Å²) < 4.78 is 8.48. The number of hydrogen-bond donors (Lipinski definition) is 1. The van der Waals surface area contributed by atoms with Crippen LogP contribution in [0.5, 0.6) is 5.75 Å². The summed E-state index contributed by atoms with van der Waals surface area (Å²) in [6.45, 7) is 12.5. The molecule has 1 aromatic heterocycles. The Balaban J connectivity index is 1.44. The quantitative estimate of drug-likeness (QED) is 0.121. The highest BCUT2D eigenvalue weighted by molar-refractivity contribution is 7.09. The van der Waals surface area contributed by atoms with E-state index in [4.69, 9.17) is 4.74 Å². The van der Waals surface area contributed by atoms with Crippen molar-refractivity contribution in [3.8, 4) is 5.75 Å². The van der Waals surface area contributed by atoms with Crippen LogP contribution in [0.4, 0.5) is 5.69 Å². The molecule has 224 valence electrons. The fourth-order valence-electron chi connectivity index (χ4n) is 5.17. The number of thiazole rings is 1. The van der Waals surface area contributed by atoms with Crippen LogP contribution in [0, 0.1) is 6.92 Å². The minimum atomic E-state index is -0.106. The van der Waals surface area contributed by atoms with E-state index in [0.29, 0.717) is 12.2 Å². The molecule has 1 N–H and O–H groups in total. The number of nitrogens with one attached hydrogen (secondary N) is 1. The van der Waals surface area contributed by atoms with E-state index in [0.717, 1.165) is 24.4 Å². The van der Waals surface area contributed by atoms with Crippen LogP contribution < -0.4 is 14.6 Å². The number of nitrogens with zero attached hydrogens (tertiary/aromatic N) is 1. The molecule has 0 atom stereocenters. The number of amides is 1. The zero-order chi connectivity index (χ0) is 29.5. The first kappa shape index (κ1) is 32.8. The van der Waals surface area contributed by atoms with Crippen molar-refractivity contribution in [1.82, 2.24) is 0 Å². The molecular formula is C36H53N2O2S+. The Morgan fingerprint density at radius 3 is 2.02 bits per heavy atom. The van der Waals surface area contributed by atoms with E-state index >= 15 is 0 Å². The number of anilines is 1. The van der Waals surface area contributed by atoms with E-state index in [-0.39, 0.29) is 11.3 Å². The number of aromatic nitrogens is 1. The average molecular weight is 578 g/mol. The van der Waals surface area contributed by atoms with Crippen LogP contribution in [-0.4, -0.2) is 12.5 Å². The Bertz CT molecular complexity index is 1180. The molecule has 0 saturated heterocycles. The third-order valence-electron chi connectivity index (χ3n) is 7.61. The van der Waals surface area contributed by atoms with Crippen LogP contribution in [0.1, 0.15) is 131 Å². The molecule has 1 heterocycles. The van der Waals surface area contributed by atoms with Gasteiger partial charge in [0.15, 0.2) is 12.7 Å². The van der Waals surface area contributed by atoms with E-state index in [9.17, 15) is 4.79 Å². The van der Waals surface area contributed by atoms with Gasteiger partial charge in [0.1, 0.15) is 5.75 Å². The summed E-state index contributed by atoms with van der Waals surface area (Å²) in [5.74, 6) is 0.766. The van der Waals surface area contributed by atoms with E-state index < -0.39 is 0 Å². The largest absolute Gasteiger partial charge is 0.493 e. The highest BCUT2D eigenvalue weighted by Gasteiger charge is 2.20. The second kappa shape index (κ2) is 17.3. The van der Waals surface area contributed by atoms with Crippen molar-refractivity contribution < 1.29 is 14.1 Å². The van der Waals surface area contributed by atoms with Gasteiger partial charge in [0.2, 0.25) is 5.51 Å². The van der Waals surface area contributed by atoms with Crippen LogP contribution in [0.25, 0.3) is 0 Å². The van der Waals surface area contributed by atoms with Crippen molar-refractivity contribution in [3.63, 3.8) is 0 Å². The van der Waals surface area contributed by atoms with Crippen LogP contribution in [0.2, 0.25) is 0 Å². The molecule has 0 unspecified atom stereocenters. The molecule has 2 aromatic carbocycles. The summed E-state index contributed by atoms with van der Waals surface area (Å²) in [4.78, 5) is 14.3. The van der Waals surface area contributed by atoms with Crippen LogP contribution in [0.15, 0.2) is 54.2 Å². The lowest BCUT2D eigenvalue weighted by Gasteiger charge is -2.23. The van der Waals surface area contributed by atoms with E-state index in [1.54, 1.807) is 11.3 Å². The zero-order valence-electron chi connectivity index (χ0n) is 26.3. The summed E-state index contributed by atoms with van der Waals surface area (Å²) in [6, 6.07) is 13.9. The average Bonchev–Trinajstić information content (AvgIpc) is 3.35. The van der Waals surface area contributed by atoms with Crippen molar-refractivity contribution in [1.29, 1.82) is 0 Å². The number of hydrogen-bond acceptors (Lipinski definition) is 3. The highest BCUT2D eigenvalue weighted by Crippen LogP contribution is 2.34. The summed E-state index contributed by atoms with van der Waals surface area (Å²) in [5.41, 5.74) is 5.84. The molecular weight excluding hydrogens is 524 g/mol. The summed E-state index contributed by atoms with van der Waals surface area (Å²) in [5, 5.41) is 3.08. The second-order valence-electron chi connectivity index (χ2n) is 12.5. The minimum absolute atomic E-state index is 0.0384. The molecule has 0 spiro atoms. The molecule has 0 saturated carbocycles. The number of unbranched alkanes of at least 4 members (excludes halogenated alkanes) is 11. The van der Waals surface area contributed by atoms with Gasteiger partial charge in [-0.3, -0.25) is 4.79 Å². The third-order valence-corrected chi connectivity index (χ3v) is 8.46. The first-order chi connectivity index (χ1) is 19.8. The standard InChI is InChI=1S/C36H52N2O2S/c1-6-7-8-9-10-11-12-13-14-15-16-17-24-40-34-25-32(22-23-33(34)36(3,4)5)37-35(39)31-20-18-30(19-21-31)27-38-26-29(2)41-28-38/h18-23,25-26,28H,6-17,24,27H2,1-5H3/p+1. The van der Waals surface area contributed by atoms with Gasteiger partial charge < -0.3 is 10.1 Å². The van der Waals surface area contributed by atoms with Gasteiger partial charge in [0.05, 0.1) is 11.5 Å². The monoisotopic (exact) mass is 577 g/mol. The van der Waals surface area contributed by atoms with Gasteiger partial charge in [-0.2, -0.15) is 4.57 Å². The first-order valence-corrected chi connectivity index (χ1v) is 16.8. The van der Waals surface area contributed by atoms with Crippen molar-refractivity contribution in [2.24, 2.45) is 0 Å². The number of rotatable bonds is 18. The Hall–Kier alpha value is -2.66. The first-order valence-electron chi connectivity index (χ1n) is 15.9. The number of carbonyl (C=O) groups excluding carboxylic acids is 1. The molecule has 0 radical (unpaired) electrons. The van der Waals surface area contributed by atoms with Gasteiger partial charge >= 0.3 is 0 Å². The molecule has 0 fully saturated rings. The molecule has 0 aliphatic carbocycles. The predicted molar refractivity (Wildman–Crippen MR) is 174 cm³/mol. The summed E-state index contributed by atoms with van der Waals surface area (Å²) in [6.07, 6.45) is 18.1. The van der Waals surface area contributed by atoms with Crippen LogP contribution in [-0.2, 0) is 12.0 Å².